The lowest BCUT2D eigenvalue weighted by Gasteiger charge is -2.25. The van der Waals surface area contributed by atoms with Crippen molar-refractivity contribution in [2.45, 2.75) is 46.0 Å². The molecule has 1 N–H and O–H groups in total. The Morgan fingerprint density at radius 1 is 0.810 bits per heavy atom. The highest BCUT2D eigenvalue weighted by atomic mass is 35.5. The Morgan fingerprint density at radius 2 is 1.50 bits per heavy atom. The van der Waals surface area contributed by atoms with Crippen LogP contribution in [0.1, 0.15) is 66.7 Å². The molecule has 0 bridgehead atoms. The van der Waals surface area contributed by atoms with E-state index in [1.807, 2.05) is 41.3 Å². The lowest BCUT2D eigenvalue weighted by molar-refractivity contribution is -0.118. The third-order valence-corrected chi connectivity index (χ3v) is 7.75. The first kappa shape index (κ1) is 33.1. The molecule has 0 saturated heterocycles. The maximum absolute atomic E-state index is 13.6. The average Bonchev–Trinajstić information content (AvgIpc) is 3.11. The van der Waals surface area contributed by atoms with Crippen LogP contribution in [0.5, 0.6) is 0 Å². The molecule has 42 heavy (non-hydrogen) atoms. The van der Waals surface area contributed by atoms with Crippen molar-refractivity contribution in [1.82, 2.24) is 9.80 Å². The van der Waals surface area contributed by atoms with Gasteiger partial charge in [-0.05, 0) is 81.4 Å². The molecule has 1 aliphatic rings. The number of rotatable bonds is 13. The van der Waals surface area contributed by atoms with Crippen molar-refractivity contribution in [2.75, 3.05) is 42.9 Å². The van der Waals surface area contributed by atoms with Crippen LogP contribution in [0.2, 0.25) is 5.02 Å². The molecule has 224 valence electrons. The number of hydrogen-bond acceptors (Lipinski definition) is 4. The van der Waals surface area contributed by atoms with Gasteiger partial charge in [0, 0.05) is 30.1 Å². The van der Waals surface area contributed by atoms with Crippen molar-refractivity contribution in [3.63, 3.8) is 0 Å². The SMILES string of the molecule is CCN(CC)CCCN(CCCCCC(=O)N1c2ccc(Cl)cc2NC(=O)c2ccccc21)C(=O)c1ccccc1.Cl. The van der Waals surface area contributed by atoms with Crippen molar-refractivity contribution in [3.05, 3.63) is 88.9 Å². The van der Waals surface area contributed by atoms with Crippen molar-refractivity contribution >= 4 is 58.8 Å². The van der Waals surface area contributed by atoms with Crippen molar-refractivity contribution in [3.8, 4) is 0 Å². The number of para-hydroxylation sites is 1. The lowest BCUT2D eigenvalue weighted by Crippen LogP contribution is -2.35. The molecule has 0 radical (unpaired) electrons. The summed E-state index contributed by atoms with van der Waals surface area (Å²) < 4.78 is 0. The van der Waals surface area contributed by atoms with E-state index < -0.39 is 0 Å². The first-order chi connectivity index (χ1) is 19.9. The summed E-state index contributed by atoms with van der Waals surface area (Å²) in [6, 6.07) is 21.7. The van der Waals surface area contributed by atoms with E-state index in [0.717, 1.165) is 38.9 Å². The Labute approximate surface area is 260 Å². The smallest absolute Gasteiger partial charge is 0.257 e. The molecule has 0 spiro atoms. The van der Waals surface area contributed by atoms with Gasteiger partial charge in [-0.1, -0.05) is 62.2 Å². The Bertz CT molecular complexity index is 1350. The van der Waals surface area contributed by atoms with Gasteiger partial charge in [-0.2, -0.15) is 0 Å². The zero-order valence-corrected chi connectivity index (χ0v) is 25.9. The van der Waals surface area contributed by atoms with Crippen LogP contribution in [0.3, 0.4) is 0 Å². The van der Waals surface area contributed by atoms with Gasteiger partial charge in [-0.3, -0.25) is 19.3 Å². The molecule has 9 heteroatoms. The highest BCUT2D eigenvalue weighted by Gasteiger charge is 2.29. The van der Waals surface area contributed by atoms with Crippen LogP contribution in [0.4, 0.5) is 17.1 Å². The van der Waals surface area contributed by atoms with Gasteiger partial charge in [0.1, 0.15) is 0 Å². The number of fused-ring (bicyclic) bond motifs is 2. The molecular formula is C33H40Cl2N4O3. The molecule has 4 rings (SSSR count). The highest BCUT2D eigenvalue weighted by molar-refractivity contribution is 6.31. The second-order valence-electron chi connectivity index (χ2n) is 10.2. The molecule has 1 heterocycles. The number of carbonyl (C=O) groups excluding carboxylic acids is 3. The van der Waals surface area contributed by atoms with Gasteiger partial charge in [-0.15, -0.1) is 12.4 Å². The van der Waals surface area contributed by atoms with Crippen LogP contribution in [0.15, 0.2) is 72.8 Å². The van der Waals surface area contributed by atoms with Gasteiger partial charge < -0.3 is 15.1 Å². The number of halogens is 2. The van der Waals surface area contributed by atoms with E-state index in [4.69, 9.17) is 11.6 Å². The van der Waals surface area contributed by atoms with Crippen LogP contribution in [-0.4, -0.2) is 60.2 Å². The fraction of sp³-hybridized carbons (Fsp3) is 0.364. The van der Waals surface area contributed by atoms with Gasteiger partial charge in [0.15, 0.2) is 0 Å². The first-order valence-corrected chi connectivity index (χ1v) is 14.9. The number of unbranched alkanes of at least 4 members (excludes halogenated alkanes) is 2. The summed E-state index contributed by atoms with van der Waals surface area (Å²) in [4.78, 5) is 45.7. The molecule has 0 unspecified atom stereocenters. The molecule has 3 aromatic carbocycles. The molecule has 1 aliphatic heterocycles. The van der Waals surface area contributed by atoms with Crippen LogP contribution < -0.4 is 10.2 Å². The number of anilines is 3. The van der Waals surface area contributed by atoms with E-state index in [9.17, 15) is 14.4 Å². The molecule has 0 aromatic heterocycles. The van der Waals surface area contributed by atoms with Crippen molar-refractivity contribution in [1.29, 1.82) is 0 Å². The number of benzene rings is 3. The quantitative estimate of drug-likeness (QED) is 0.204. The van der Waals surface area contributed by atoms with E-state index in [1.165, 1.54) is 0 Å². The summed E-state index contributed by atoms with van der Waals surface area (Å²) in [5.41, 5.74) is 2.81. The molecule has 0 fully saturated rings. The van der Waals surface area contributed by atoms with Crippen LogP contribution >= 0.6 is 24.0 Å². The fourth-order valence-electron chi connectivity index (χ4n) is 5.22. The Kier molecular flexibility index (Phi) is 12.9. The van der Waals surface area contributed by atoms with E-state index in [0.29, 0.717) is 59.1 Å². The highest BCUT2D eigenvalue weighted by Crippen LogP contribution is 2.39. The summed E-state index contributed by atoms with van der Waals surface area (Å²) in [5.74, 6) is -0.313. The summed E-state index contributed by atoms with van der Waals surface area (Å²) in [6.07, 6.45) is 3.53. The predicted octanol–water partition coefficient (Wildman–Crippen LogP) is 7.43. The molecule has 3 amide bonds. The maximum atomic E-state index is 13.6. The van der Waals surface area contributed by atoms with Crippen molar-refractivity contribution in [2.24, 2.45) is 0 Å². The van der Waals surface area contributed by atoms with E-state index in [2.05, 4.69) is 24.1 Å². The zero-order chi connectivity index (χ0) is 29.2. The molecule has 0 aliphatic carbocycles. The standard InChI is InChI=1S/C33H39ClN4O3.ClH/c1-3-36(4-2)21-13-23-37(33(41)25-14-7-5-8-15-25)22-12-6-9-18-31(39)38-29-17-11-10-16-27(29)32(40)35-28-24-26(34)19-20-30(28)38;/h5,7-8,10-11,14-17,19-20,24H,3-4,6,9,12-13,18,21-23H2,1-2H3,(H,35,40);1H. The van der Waals surface area contributed by atoms with Crippen LogP contribution in [0, 0.1) is 0 Å². The first-order valence-electron chi connectivity index (χ1n) is 14.5. The minimum atomic E-state index is -0.274. The van der Waals surface area contributed by atoms with Crippen LogP contribution in [-0.2, 0) is 4.79 Å². The summed E-state index contributed by atoms with van der Waals surface area (Å²) in [6.45, 7) is 8.62. The van der Waals surface area contributed by atoms with E-state index in [-0.39, 0.29) is 30.1 Å². The molecule has 0 atom stereocenters. The fourth-order valence-corrected chi connectivity index (χ4v) is 5.39. The lowest BCUT2D eigenvalue weighted by atomic mass is 10.1. The second-order valence-corrected chi connectivity index (χ2v) is 10.6. The van der Waals surface area contributed by atoms with Gasteiger partial charge in [0.25, 0.3) is 11.8 Å². The molecule has 7 nitrogen and oxygen atoms in total. The third-order valence-electron chi connectivity index (χ3n) is 7.51. The van der Waals surface area contributed by atoms with E-state index in [1.54, 1.807) is 41.3 Å². The maximum Gasteiger partial charge on any atom is 0.257 e. The predicted molar refractivity (Wildman–Crippen MR) is 173 cm³/mol. The van der Waals surface area contributed by atoms with Gasteiger partial charge in [0.05, 0.1) is 22.6 Å². The van der Waals surface area contributed by atoms with E-state index >= 15 is 0 Å². The number of carbonyl (C=O) groups is 3. The Balaban J connectivity index is 0.00000484. The summed E-state index contributed by atoms with van der Waals surface area (Å²) in [7, 11) is 0. The third kappa shape index (κ3) is 8.34. The van der Waals surface area contributed by atoms with Gasteiger partial charge in [0.2, 0.25) is 5.91 Å². The van der Waals surface area contributed by atoms with Gasteiger partial charge in [-0.25, -0.2) is 0 Å². The second kappa shape index (κ2) is 16.3. The number of hydrogen-bond donors (Lipinski definition) is 1. The summed E-state index contributed by atoms with van der Waals surface area (Å²) >= 11 is 6.20. The molecular weight excluding hydrogens is 571 g/mol. The number of nitrogens with zero attached hydrogens (tertiary/aromatic N) is 3. The Morgan fingerprint density at radius 3 is 2.24 bits per heavy atom. The molecule has 0 saturated carbocycles. The minimum absolute atomic E-state index is 0. The largest absolute Gasteiger partial charge is 0.339 e. The zero-order valence-electron chi connectivity index (χ0n) is 24.4. The minimum Gasteiger partial charge on any atom is -0.339 e. The molecule has 3 aromatic rings. The normalized spacial score (nSPS) is 12.1. The average molecular weight is 612 g/mol. The topological polar surface area (TPSA) is 73.0 Å². The van der Waals surface area contributed by atoms with Crippen LogP contribution in [0.25, 0.3) is 0 Å². The monoisotopic (exact) mass is 610 g/mol. The van der Waals surface area contributed by atoms with Crippen molar-refractivity contribution < 1.29 is 14.4 Å². The summed E-state index contributed by atoms with van der Waals surface area (Å²) in [5, 5.41) is 3.37. The Hall–Kier alpha value is -3.39. The number of amides is 3. The number of nitrogens with one attached hydrogen (secondary N) is 1. The van der Waals surface area contributed by atoms with Gasteiger partial charge >= 0.3 is 0 Å².